The van der Waals surface area contributed by atoms with Crippen molar-refractivity contribution < 1.29 is 19.0 Å². The van der Waals surface area contributed by atoms with Crippen LogP contribution in [0.3, 0.4) is 0 Å². The first kappa shape index (κ1) is 19.2. The summed E-state index contributed by atoms with van der Waals surface area (Å²) in [5.74, 6) is -0.875. The lowest BCUT2D eigenvalue weighted by molar-refractivity contribution is -0.0438. The number of carbonyl (C=O) groups excluding carboxylic acids is 1. The molecule has 3 rings (SSSR count). The summed E-state index contributed by atoms with van der Waals surface area (Å²) in [4.78, 5) is 16.7. The molecule has 1 heterocycles. The highest BCUT2D eigenvalue weighted by Gasteiger charge is 2.32. The third-order valence-corrected chi connectivity index (χ3v) is 5.29. The fourth-order valence-electron chi connectivity index (χ4n) is 3.14. The number of esters is 1. The van der Waals surface area contributed by atoms with Gasteiger partial charge < -0.3 is 15.6 Å². The second kappa shape index (κ2) is 8.41. The molecule has 1 aromatic heterocycles. The van der Waals surface area contributed by atoms with E-state index in [9.17, 15) is 14.3 Å². The van der Waals surface area contributed by atoms with Crippen molar-refractivity contribution in [2.45, 2.75) is 43.9 Å². The first-order chi connectivity index (χ1) is 12.5. The molecule has 0 amide bonds. The van der Waals surface area contributed by atoms with Crippen LogP contribution in [0.15, 0.2) is 36.7 Å². The highest BCUT2D eigenvalue weighted by Crippen LogP contribution is 2.23. The number of rotatable bonds is 4. The second-order valence-electron chi connectivity index (χ2n) is 6.47. The Kier molecular flexibility index (Phi) is 6.20. The minimum Gasteiger partial charge on any atom is -0.456 e. The van der Waals surface area contributed by atoms with Crippen molar-refractivity contribution >= 4 is 28.6 Å². The minimum absolute atomic E-state index is 0.230. The van der Waals surface area contributed by atoms with E-state index < -0.39 is 18.2 Å². The van der Waals surface area contributed by atoms with Crippen LogP contribution in [0.2, 0.25) is 0 Å². The van der Waals surface area contributed by atoms with Crippen molar-refractivity contribution in [1.29, 1.82) is 0 Å². The van der Waals surface area contributed by atoms with Crippen LogP contribution in [0.5, 0.6) is 0 Å². The Hall–Kier alpha value is -1.58. The zero-order chi connectivity index (χ0) is 18.7. The number of aliphatic hydroxyl groups is 1. The first-order valence-electron chi connectivity index (χ1n) is 8.47. The minimum atomic E-state index is -0.869. The van der Waals surface area contributed by atoms with Crippen molar-refractivity contribution in [3.05, 3.63) is 62.7 Å². The van der Waals surface area contributed by atoms with E-state index in [2.05, 4.69) is 4.98 Å². The number of nitrogens with two attached hydrogens (primary N) is 1. The molecule has 0 radical (unpaired) electrons. The predicted octanol–water partition coefficient (Wildman–Crippen LogP) is 2.81. The molecule has 0 aliphatic heterocycles. The van der Waals surface area contributed by atoms with Gasteiger partial charge in [0.15, 0.2) is 0 Å². The van der Waals surface area contributed by atoms with Gasteiger partial charge in [0.25, 0.3) is 0 Å². The van der Waals surface area contributed by atoms with Gasteiger partial charge in [0.1, 0.15) is 18.0 Å². The number of aromatic nitrogens is 1. The van der Waals surface area contributed by atoms with Crippen LogP contribution in [0.4, 0.5) is 4.39 Å². The van der Waals surface area contributed by atoms with Gasteiger partial charge in [-0.05, 0) is 71.2 Å². The Balaban J connectivity index is 1.79. The van der Waals surface area contributed by atoms with Gasteiger partial charge in [0, 0.05) is 28.4 Å². The van der Waals surface area contributed by atoms with E-state index in [1.54, 1.807) is 12.1 Å². The number of carbonyl (C=O) groups is 1. The Morgan fingerprint density at radius 3 is 2.92 bits per heavy atom. The lowest BCUT2D eigenvalue weighted by Crippen LogP contribution is -2.48. The van der Waals surface area contributed by atoms with Crippen LogP contribution >= 0.6 is 22.6 Å². The van der Waals surface area contributed by atoms with Crippen LogP contribution in [0, 0.1) is 9.39 Å². The van der Waals surface area contributed by atoms with Gasteiger partial charge >= 0.3 is 5.97 Å². The van der Waals surface area contributed by atoms with E-state index >= 15 is 0 Å². The highest BCUT2D eigenvalue weighted by molar-refractivity contribution is 14.1. The fraction of sp³-hybridized carbons (Fsp3) is 0.368. The molecular formula is C19H20FIN2O3. The summed E-state index contributed by atoms with van der Waals surface area (Å²) in [6, 6.07) is 6.12. The third-order valence-electron chi connectivity index (χ3n) is 4.62. The molecule has 1 aromatic carbocycles. The normalized spacial score (nSPS) is 22.8. The maximum Gasteiger partial charge on any atom is 0.338 e. The lowest BCUT2D eigenvalue weighted by Gasteiger charge is -2.32. The SMILES string of the molecule is N[C@H]1CCC[C@H](OC(=O)c2ccncc2Cc2ccc(I)cc2F)[C@@H]1O. The molecule has 2 aromatic rings. The summed E-state index contributed by atoms with van der Waals surface area (Å²) in [5.41, 5.74) is 7.23. The number of hydrogen-bond donors (Lipinski definition) is 2. The van der Waals surface area contributed by atoms with E-state index in [1.807, 2.05) is 28.7 Å². The zero-order valence-corrected chi connectivity index (χ0v) is 16.2. The summed E-state index contributed by atoms with van der Waals surface area (Å²) in [6.07, 6.45) is 3.86. The summed E-state index contributed by atoms with van der Waals surface area (Å²) in [5, 5.41) is 10.1. The third kappa shape index (κ3) is 4.39. The molecule has 0 unspecified atom stereocenters. The number of nitrogens with zero attached hydrogens (tertiary/aromatic N) is 1. The van der Waals surface area contributed by atoms with Crippen LogP contribution in [0.25, 0.3) is 0 Å². The Morgan fingerprint density at radius 1 is 1.35 bits per heavy atom. The van der Waals surface area contributed by atoms with E-state index in [-0.39, 0.29) is 18.3 Å². The van der Waals surface area contributed by atoms with Crippen molar-refractivity contribution in [2.24, 2.45) is 5.73 Å². The van der Waals surface area contributed by atoms with Gasteiger partial charge in [0.05, 0.1) is 5.56 Å². The molecule has 1 aliphatic carbocycles. The summed E-state index contributed by atoms with van der Waals surface area (Å²) < 4.78 is 20.4. The summed E-state index contributed by atoms with van der Waals surface area (Å²) in [7, 11) is 0. The van der Waals surface area contributed by atoms with Crippen LogP contribution in [-0.4, -0.2) is 34.3 Å². The number of ether oxygens (including phenoxy) is 1. The largest absolute Gasteiger partial charge is 0.456 e. The van der Waals surface area contributed by atoms with Gasteiger partial charge in [-0.1, -0.05) is 6.07 Å². The van der Waals surface area contributed by atoms with E-state index in [0.29, 0.717) is 29.5 Å². The van der Waals surface area contributed by atoms with E-state index in [4.69, 9.17) is 10.5 Å². The smallest absolute Gasteiger partial charge is 0.338 e. The Morgan fingerprint density at radius 2 is 2.15 bits per heavy atom. The molecule has 3 atom stereocenters. The van der Waals surface area contributed by atoms with Crippen molar-refractivity contribution in [2.75, 3.05) is 0 Å². The van der Waals surface area contributed by atoms with Gasteiger partial charge in [-0.2, -0.15) is 0 Å². The number of halogens is 2. The molecular weight excluding hydrogens is 450 g/mol. The quantitative estimate of drug-likeness (QED) is 0.531. The molecule has 26 heavy (non-hydrogen) atoms. The maximum absolute atomic E-state index is 14.1. The number of aliphatic hydroxyl groups excluding tert-OH is 1. The monoisotopic (exact) mass is 470 g/mol. The molecule has 3 N–H and O–H groups in total. The molecule has 0 spiro atoms. The number of hydrogen-bond acceptors (Lipinski definition) is 5. The van der Waals surface area contributed by atoms with Gasteiger partial charge in [0.2, 0.25) is 0 Å². The zero-order valence-electron chi connectivity index (χ0n) is 14.1. The molecule has 0 bridgehead atoms. The standard InChI is InChI=1S/C19H20FIN2O3/c20-15-9-13(21)5-4-11(15)8-12-10-23-7-6-14(12)19(25)26-17-3-1-2-16(22)18(17)24/h4-7,9-10,16-18,24H,1-3,8,22H2/t16-,17-,18+/m0/s1. The molecule has 0 saturated heterocycles. The van der Waals surface area contributed by atoms with Gasteiger partial charge in [-0.15, -0.1) is 0 Å². The van der Waals surface area contributed by atoms with E-state index in [1.165, 1.54) is 18.5 Å². The topological polar surface area (TPSA) is 85.4 Å². The summed E-state index contributed by atoms with van der Waals surface area (Å²) in [6.45, 7) is 0. The average molecular weight is 470 g/mol. The van der Waals surface area contributed by atoms with Crippen molar-refractivity contribution in [3.63, 3.8) is 0 Å². The van der Waals surface area contributed by atoms with Gasteiger partial charge in [-0.25, -0.2) is 9.18 Å². The molecule has 7 heteroatoms. The molecule has 5 nitrogen and oxygen atoms in total. The van der Waals surface area contributed by atoms with Crippen molar-refractivity contribution in [3.8, 4) is 0 Å². The second-order valence-corrected chi connectivity index (χ2v) is 7.72. The Labute approximate surface area is 164 Å². The van der Waals surface area contributed by atoms with Crippen LogP contribution in [0.1, 0.15) is 40.7 Å². The summed E-state index contributed by atoms with van der Waals surface area (Å²) >= 11 is 2.04. The van der Waals surface area contributed by atoms with Crippen molar-refractivity contribution in [1.82, 2.24) is 4.98 Å². The van der Waals surface area contributed by atoms with E-state index in [0.717, 1.165) is 9.99 Å². The lowest BCUT2D eigenvalue weighted by atomic mass is 9.90. The first-order valence-corrected chi connectivity index (χ1v) is 9.55. The molecule has 1 fully saturated rings. The van der Waals surface area contributed by atoms with Crippen LogP contribution < -0.4 is 5.73 Å². The maximum atomic E-state index is 14.1. The van der Waals surface area contributed by atoms with Gasteiger partial charge in [-0.3, -0.25) is 4.98 Å². The number of pyridine rings is 1. The molecule has 1 aliphatic rings. The highest BCUT2D eigenvalue weighted by atomic mass is 127. The fourth-order valence-corrected chi connectivity index (χ4v) is 3.59. The predicted molar refractivity (Wildman–Crippen MR) is 103 cm³/mol. The average Bonchev–Trinajstić information content (AvgIpc) is 2.62. The number of benzene rings is 1. The molecule has 1 saturated carbocycles. The van der Waals surface area contributed by atoms with Crippen LogP contribution in [-0.2, 0) is 11.2 Å². The Bertz CT molecular complexity index is 802. The molecule has 138 valence electrons.